The Morgan fingerprint density at radius 1 is 0.966 bits per heavy atom. The van der Waals surface area contributed by atoms with Crippen LogP contribution in [0.5, 0.6) is 5.75 Å². The molecule has 1 heterocycles. The molecule has 0 aliphatic carbocycles. The highest BCUT2D eigenvalue weighted by atomic mass is 35.5. The fourth-order valence-electron chi connectivity index (χ4n) is 2.90. The van der Waals surface area contributed by atoms with Crippen LogP contribution in [0.15, 0.2) is 78.9 Å². The molecule has 0 radical (unpaired) electrons. The quantitative estimate of drug-likeness (QED) is 0.407. The molecular formula is C23H17ClN2O2S. The maximum absolute atomic E-state index is 12.6. The molecule has 4 rings (SSSR count). The number of anilines is 1. The number of rotatable bonds is 5. The number of carbonyl (C=O) groups is 1. The Morgan fingerprint density at radius 3 is 2.41 bits per heavy atom. The van der Waals surface area contributed by atoms with Gasteiger partial charge in [-0.3, -0.25) is 10.1 Å². The topological polar surface area (TPSA) is 51.2 Å². The van der Waals surface area contributed by atoms with Crippen molar-refractivity contribution in [2.24, 2.45) is 0 Å². The number of thiazole rings is 1. The summed E-state index contributed by atoms with van der Waals surface area (Å²) >= 11 is 7.43. The van der Waals surface area contributed by atoms with Gasteiger partial charge < -0.3 is 4.74 Å². The minimum atomic E-state index is -0.248. The van der Waals surface area contributed by atoms with Crippen LogP contribution in [0.1, 0.15) is 10.4 Å². The molecular weight excluding hydrogens is 404 g/mol. The van der Waals surface area contributed by atoms with E-state index < -0.39 is 0 Å². The summed E-state index contributed by atoms with van der Waals surface area (Å²) in [5.41, 5.74) is 3.30. The number of carbonyl (C=O) groups excluding carboxylic acids is 1. The van der Waals surface area contributed by atoms with E-state index in [9.17, 15) is 4.79 Å². The number of nitrogens with one attached hydrogen (secondary N) is 1. The molecule has 29 heavy (non-hydrogen) atoms. The molecule has 1 aromatic heterocycles. The second kappa shape index (κ2) is 8.47. The highest BCUT2D eigenvalue weighted by molar-refractivity contribution is 7.19. The van der Waals surface area contributed by atoms with E-state index in [1.807, 2.05) is 54.6 Å². The van der Waals surface area contributed by atoms with Gasteiger partial charge >= 0.3 is 0 Å². The minimum absolute atomic E-state index is 0.248. The van der Waals surface area contributed by atoms with Gasteiger partial charge in [-0.2, -0.15) is 0 Å². The van der Waals surface area contributed by atoms with Crippen LogP contribution < -0.4 is 10.1 Å². The second-order valence-electron chi connectivity index (χ2n) is 6.26. The lowest BCUT2D eigenvalue weighted by Crippen LogP contribution is -2.11. The first-order chi connectivity index (χ1) is 14.1. The summed E-state index contributed by atoms with van der Waals surface area (Å²) in [5, 5.41) is 3.94. The average molecular weight is 421 g/mol. The lowest BCUT2D eigenvalue weighted by molar-refractivity contribution is 0.102. The number of hydrogen-bond donors (Lipinski definition) is 1. The smallest absolute Gasteiger partial charge is 0.257 e. The molecule has 4 aromatic rings. The molecule has 6 heteroatoms. The number of methoxy groups -OCH3 is 1. The summed E-state index contributed by atoms with van der Waals surface area (Å²) in [6.45, 7) is 0. The number of ether oxygens (including phenoxy) is 1. The van der Waals surface area contributed by atoms with Crippen molar-refractivity contribution in [3.63, 3.8) is 0 Å². The maximum Gasteiger partial charge on any atom is 0.257 e. The van der Waals surface area contributed by atoms with Crippen molar-refractivity contribution >= 4 is 34.0 Å². The largest absolute Gasteiger partial charge is 0.497 e. The van der Waals surface area contributed by atoms with Crippen molar-refractivity contribution in [1.29, 1.82) is 0 Å². The number of amides is 1. The zero-order valence-electron chi connectivity index (χ0n) is 15.6. The highest BCUT2D eigenvalue weighted by Crippen LogP contribution is 2.39. The Kier molecular flexibility index (Phi) is 5.60. The monoisotopic (exact) mass is 420 g/mol. The van der Waals surface area contributed by atoms with E-state index >= 15 is 0 Å². The summed E-state index contributed by atoms with van der Waals surface area (Å²) in [6, 6.07) is 24.5. The molecule has 144 valence electrons. The summed E-state index contributed by atoms with van der Waals surface area (Å²) < 4.78 is 5.26. The van der Waals surface area contributed by atoms with Gasteiger partial charge in [-0.1, -0.05) is 59.3 Å². The second-order valence-corrected chi connectivity index (χ2v) is 7.69. The molecule has 1 amide bonds. The average Bonchev–Trinajstić information content (AvgIpc) is 3.18. The molecule has 0 unspecified atom stereocenters. The van der Waals surface area contributed by atoms with Gasteiger partial charge in [-0.25, -0.2) is 4.98 Å². The predicted molar refractivity (Wildman–Crippen MR) is 119 cm³/mol. The van der Waals surface area contributed by atoms with E-state index in [-0.39, 0.29) is 5.91 Å². The van der Waals surface area contributed by atoms with Crippen molar-refractivity contribution in [3.8, 4) is 27.4 Å². The molecule has 0 saturated carbocycles. The van der Waals surface area contributed by atoms with Gasteiger partial charge in [0.1, 0.15) is 5.75 Å². The molecule has 1 N–H and O–H groups in total. The number of hydrogen-bond acceptors (Lipinski definition) is 4. The first-order valence-electron chi connectivity index (χ1n) is 8.91. The summed E-state index contributed by atoms with van der Waals surface area (Å²) in [5.74, 6) is 0.538. The first-order valence-corrected chi connectivity index (χ1v) is 10.1. The van der Waals surface area contributed by atoms with E-state index in [2.05, 4.69) is 5.32 Å². The van der Waals surface area contributed by atoms with Gasteiger partial charge in [-0.15, -0.1) is 0 Å². The van der Waals surface area contributed by atoms with E-state index in [1.54, 1.807) is 31.4 Å². The summed E-state index contributed by atoms with van der Waals surface area (Å²) in [6.07, 6.45) is 0. The Hall–Kier alpha value is -3.15. The van der Waals surface area contributed by atoms with Crippen molar-refractivity contribution < 1.29 is 9.53 Å². The lowest BCUT2D eigenvalue weighted by atomic mass is 10.1. The predicted octanol–water partition coefficient (Wildman–Crippen LogP) is 6.39. The number of aromatic nitrogens is 1. The van der Waals surface area contributed by atoms with E-state index in [4.69, 9.17) is 21.3 Å². The minimum Gasteiger partial charge on any atom is -0.497 e. The van der Waals surface area contributed by atoms with Gasteiger partial charge in [-0.05, 0) is 48.0 Å². The summed E-state index contributed by atoms with van der Waals surface area (Å²) in [7, 11) is 1.64. The Balaban J connectivity index is 1.72. The zero-order valence-corrected chi connectivity index (χ0v) is 17.1. The van der Waals surface area contributed by atoms with Gasteiger partial charge in [0.25, 0.3) is 5.91 Å². The Bertz CT molecular complexity index is 1140. The van der Waals surface area contributed by atoms with Crippen molar-refractivity contribution in [1.82, 2.24) is 4.98 Å². The van der Waals surface area contributed by atoms with Gasteiger partial charge in [0.15, 0.2) is 5.13 Å². The molecule has 0 saturated heterocycles. The van der Waals surface area contributed by atoms with Crippen LogP contribution in [0.4, 0.5) is 5.13 Å². The van der Waals surface area contributed by atoms with E-state index in [1.165, 1.54) is 11.3 Å². The number of nitrogens with zero attached hydrogens (tertiary/aromatic N) is 1. The molecule has 0 aliphatic heterocycles. The molecule has 0 fully saturated rings. The standard InChI is InChI=1S/C23H17ClN2O2S/c1-28-19-12-10-16(11-13-19)21-20(15-6-3-2-4-7-15)25-23(29-21)26-22(27)17-8-5-9-18(24)14-17/h2-14H,1H3,(H,25,26,27). The fourth-order valence-corrected chi connectivity index (χ4v) is 4.08. The highest BCUT2D eigenvalue weighted by Gasteiger charge is 2.17. The Labute approximate surface area is 177 Å². The Morgan fingerprint density at radius 2 is 1.72 bits per heavy atom. The third-order valence-electron chi connectivity index (χ3n) is 4.33. The maximum atomic E-state index is 12.6. The molecule has 0 atom stereocenters. The molecule has 4 nitrogen and oxygen atoms in total. The van der Waals surface area contributed by atoms with Crippen LogP contribution in [0.2, 0.25) is 5.02 Å². The van der Waals surface area contributed by atoms with Crippen LogP contribution in [-0.4, -0.2) is 18.0 Å². The van der Waals surface area contributed by atoms with Crippen LogP contribution in [-0.2, 0) is 0 Å². The van der Waals surface area contributed by atoms with Crippen LogP contribution >= 0.6 is 22.9 Å². The molecule has 0 bridgehead atoms. The zero-order chi connectivity index (χ0) is 20.2. The number of benzene rings is 3. The first kappa shape index (κ1) is 19.2. The fraction of sp³-hybridized carbons (Fsp3) is 0.0435. The normalized spacial score (nSPS) is 10.6. The third-order valence-corrected chi connectivity index (χ3v) is 5.59. The van der Waals surface area contributed by atoms with Crippen molar-refractivity contribution in [2.45, 2.75) is 0 Å². The molecule has 0 spiro atoms. The third kappa shape index (κ3) is 4.31. The van der Waals surface area contributed by atoms with E-state index in [0.717, 1.165) is 27.4 Å². The van der Waals surface area contributed by atoms with Crippen molar-refractivity contribution in [2.75, 3.05) is 12.4 Å². The van der Waals surface area contributed by atoms with Gasteiger partial charge in [0.05, 0.1) is 17.7 Å². The summed E-state index contributed by atoms with van der Waals surface area (Å²) in [4.78, 5) is 18.3. The van der Waals surface area contributed by atoms with E-state index in [0.29, 0.717) is 15.7 Å². The van der Waals surface area contributed by atoms with Crippen molar-refractivity contribution in [3.05, 3.63) is 89.4 Å². The van der Waals surface area contributed by atoms with Crippen LogP contribution in [0.3, 0.4) is 0 Å². The van der Waals surface area contributed by atoms with Crippen LogP contribution in [0, 0.1) is 0 Å². The lowest BCUT2D eigenvalue weighted by Gasteiger charge is -2.04. The SMILES string of the molecule is COc1ccc(-c2sc(NC(=O)c3cccc(Cl)c3)nc2-c2ccccc2)cc1. The van der Waals surface area contributed by atoms with Gasteiger partial charge in [0, 0.05) is 16.1 Å². The van der Waals surface area contributed by atoms with Gasteiger partial charge in [0.2, 0.25) is 0 Å². The van der Waals surface area contributed by atoms with Crippen LogP contribution in [0.25, 0.3) is 21.7 Å². The molecule has 0 aliphatic rings. The number of halogens is 1. The molecule has 3 aromatic carbocycles.